The largest absolute Gasteiger partial charge is 0.398 e. The summed E-state index contributed by atoms with van der Waals surface area (Å²) in [7, 11) is -3.93. The van der Waals surface area contributed by atoms with E-state index in [1.165, 1.54) is 12.1 Å². The number of sulfonamides is 1. The zero-order valence-corrected chi connectivity index (χ0v) is 11.8. The van der Waals surface area contributed by atoms with E-state index in [9.17, 15) is 17.2 Å². The van der Waals surface area contributed by atoms with E-state index in [0.717, 1.165) is 12.1 Å². The summed E-state index contributed by atoms with van der Waals surface area (Å²) in [6.45, 7) is -0.0147. The molecule has 0 saturated heterocycles. The van der Waals surface area contributed by atoms with Crippen LogP contribution in [0.25, 0.3) is 0 Å². The van der Waals surface area contributed by atoms with E-state index in [1.807, 2.05) is 0 Å². The lowest BCUT2D eigenvalue weighted by Gasteiger charge is -2.09. The maximum atomic E-state index is 13.4. The van der Waals surface area contributed by atoms with Crippen molar-refractivity contribution in [3.63, 3.8) is 0 Å². The highest BCUT2D eigenvalue weighted by atomic mass is 32.2. The molecule has 2 aromatic rings. The van der Waals surface area contributed by atoms with Crippen molar-refractivity contribution in [3.05, 3.63) is 59.7 Å². The summed E-state index contributed by atoms with van der Waals surface area (Å²) < 4.78 is 52.9. The standard InChI is InChI=1S/C14H14F2N2O2S/c15-11-5-6-13(17)14(9-11)21(19,20)18-8-7-10-3-1-2-4-12(10)16/h1-6,9,18H,7-8,17H2. The average molecular weight is 312 g/mol. The van der Waals surface area contributed by atoms with Crippen LogP contribution in [0.1, 0.15) is 5.56 Å². The van der Waals surface area contributed by atoms with Crippen molar-refractivity contribution >= 4 is 15.7 Å². The molecule has 4 nitrogen and oxygen atoms in total. The molecule has 0 unspecified atom stereocenters. The maximum Gasteiger partial charge on any atom is 0.242 e. The number of benzene rings is 2. The van der Waals surface area contributed by atoms with Crippen LogP contribution in [-0.4, -0.2) is 15.0 Å². The predicted octanol–water partition coefficient (Wildman–Crippen LogP) is 2.07. The van der Waals surface area contributed by atoms with E-state index >= 15 is 0 Å². The molecular formula is C14H14F2N2O2S. The highest BCUT2D eigenvalue weighted by molar-refractivity contribution is 7.89. The third kappa shape index (κ3) is 3.77. The normalized spacial score (nSPS) is 11.5. The fourth-order valence-electron chi connectivity index (χ4n) is 1.84. The maximum absolute atomic E-state index is 13.4. The number of nitrogens with two attached hydrogens (primary N) is 1. The van der Waals surface area contributed by atoms with Crippen molar-refractivity contribution < 1.29 is 17.2 Å². The van der Waals surface area contributed by atoms with Gasteiger partial charge in [0.15, 0.2) is 0 Å². The molecule has 3 N–H and O–H groups in total. The smallest absolute Gasteiger partial charge is 0.242 e. The number of anilines is 1. The summed E-state index contributed by atoms with van der Waals surface area (Å²) in [5.74, 6) is -1.10. The van der Waals surface area contributed by atoms with Crippen LogP contribution >= 0.6 is 0 Å². The van der Waals surface area contributed by atoms with Crippen molar-refractivity contribution in [2.45, 2.75) is 11.3 Å². The SMILES string of the molecule is Nc1ccc(F)cc1S(=O)(=O)NCCc1ccccc1F. The van der Waals surface area contributed by atoms with Gasteiger partial charge in [0.05, 0.1) is 5.69 Å². The Bertz CT molecular complexity index is 748. The summed E-state index contributed by atoms with van der Waals surface area (Å²) in [5, 5.41) is 0. The minimum atomic E-state index is -3.93. The first-order valence-corrected chi connectivity index (χ1v) is 7.66. The number of hydrogen-bond donors (Lipinski definition) is 2. The number of rotatable bonds is 5. The van der Waals surface area contributed by atoms with E-state index in [4.69, 9.17) is 5.73 Å². The summed E-state index contributed by atoms with van der Waals surface area (Å²) >= 11 is 0. The van der Waals surface area contributed by atoms with Gasteiger partial charge in [0.25, 0.3) is 0 Å². The van der Waals surface area contributed by atoms with E-state index < -0.39 is 21.7 Å². The van der Waals surface area contributed by atoms with Crippen LogP contribution in [0.4, 0.5) is 14.5 Å². The van der Waals surface area contributed by atoms with Gasteiger partial charge in [-0.1, -0.05) is 18.2 Å². The lowest BCUT2D eigenvalue weighted by molar-refractivity contribution is 0.574. The summed E-state index contributed by atoms with van der Waals surface area (Å²) in [5.41, 5.74) is 5.89. The Kier molecular flexibility index (Phi) is 4.54. The van der Waals surface area contributed by atoms with Crippen LogP contribution in [-0.2, 0) is 16.4 Å². The zero-order chi connectivity index (χ0) is 15.5. The lowest BCUT2D eigenvalue weighted by Crippen LogP contribution is -2.27. The Labute approximate surface area is 121 Å². The third-order valence-corrected chi connectivity index (χ3v) is 4.43. The van der Waals surface area contributed by atoms with Gasteiger partial charge >= 0.3 is 0 Å². The van der Waals surface area contributed by atoms with Gasteiger partial charge < -0.3 is 5.73 Å². The van der Waals surface area contributed by atoms with Crippen LogP contribution in [0.5, 0.6) is 0 Å². The molecular weight excluding hydrogens is 298 g/mol. The van der Waals surface area contributed by atoms with Gasteiger partial charge in [0, 0.05) is 6.54 Å². The molecule has 0 bridgehead atoms. The summed E-state index contributed by atoms with van der Waals surface area (Å²) in [6.07, 6.45) is 0.182. The van der Waals surface area contributed by atoms with Crippen LogP contribution in [0.3, 0.4) is 0 Å². The second-order valence-electron chi connectivity index (χ2n) is 4.42. The van der Waals surface area contributed by atoms with E-state index in [-0.39, 0.29) is 23.5 Å². The second kappa shape index (κ2) is 6.19. The van der Waals surface area contributed by atoms with Gasteiger partial charge in [-0.2, -0.15) is 0 Å². The van der Waals surface area contributed by atoms with Crippen molar-refractivity contribution in [3.8, 4) is 0 Å². The minimum absolute atomic E-state index is 0.0147. The van der Waals surface area contributed by atoms with Crippen molar-refractivity contribution in [2.75, 3.05) is 12.3 Å². The second-order valence-corrected chi connectivity index (χ2v) is 6.16. The summed E-state index contributed by atoms with van der Waals surface area (Å²) in [6, 6.07) is 9.19. The highest BCUT2D eigenvalue weighted by Gasteiger charge is 2.18. The number of nitrogens with one attached hydrogen (secondary N) is 1. The summed E-state index contributed by atoms with van der Waals surface area (Å²) in [4.78, 5) is -0.323. The fourth-order valence-corrected chi connectivity index (χ4v) is 3.01. The van der Waals surface area contributed by atoms with Crippen molar-refractivity contribution in [1.29, 1.82) is 0 Å². The van der Waals surface area contributed by atoms with Gasteiger partial charge in [-0.15, -0.1) is 0 Å². The zero-order valence-electron chi connectivity index (χ0n) is 11.0. The number of nitrogen functional groups attached to an aromatic ring is 1. The van der Waals surface area contributed by atoms with Crippen molar-refractivity contribution in [1.82, 2.24) is 4.72 Å². The molecule has 0 saturated carbocycles. The molecule has 0 amide bonds. The first-order chi connectivity index (χ1) is 9.90. The topological polar surface area (TPSA) is 72.2 Å². The molecule has 112 valence electrons. The molecule has 0 radical (unpaired) electrons. The molecule has 0 atom stereocenters. The Hall–Kier alpha value is -1.99. The number of halogens is 2. The minimum Gasteiger partial charge on any atom is -0.398 e. The molecule has 0 heterocycles. The molecule has 0 aromatic heterocycles. The Balaban J connectivity index is 2.08. The first kappa shape index (κ1) is 15.4. The molecule has 2 aromatic carbocycles. The Morgan fingerprint density at radius 2 is 1.81 bits per heavy atom. The predicted molar refractivity (Wildman–Crippen MR) is 76.1 cm³/mol. The van der Waals surface area contributed by atoms with Gasteiger partial charge in [0.1, 0.15) is 16.5 Å². The number of hydrogen-bond acceptors (Lipinski definition) is 3. The molecule has 0 aliphatic carbocycles. The Morgan fingerprint density at radius 3 is 2.52 bits per heavy atom. The van der Waals surface area contributed by atoms with E-state index in [1.54, 1.807) is 18.2 Å². The van der Waals surface area contributed by atoms with Gasteiger partial charge in [0.2, 0.25) is 10.0 Å². The fraction of sp³-hybridized carbons (Fsp3) is 0.143. The third-order valence-electron chi connectivity index (χ3n) is 2.91. The molecule has 2 rings (SSSR count). The molecule has 0 aliphatic heterocycles. The van der Waals surface area contributed by atoms with E-state index in [0.29, 0.717) is 5.56 Å². The molecule has 7 heteroatoms. The molecule has 0 aliphatic rings. The average Bonchev–Trinajstić information content (AvgIpc) is 2.43. The van der Waals surface area contributed by atoms with Gasteiger partial charge in [-0.3, -0.25) is 0 Å². The molecule has 0 fully saturated rings. The molecule has 0 spiro atoms. The van der Waals surface area contributed by atoms with Crippen LogP contribution in [0.15, 0.2) is 47.4 Å². The van der Waals surface area contributed by atoms with Gasteiger partial charge in [-0.05, 0) is 36.2 Å². The van der Waals surface area contributed by atoms with Crippen LogP contribution in [0.2, 0.25) is 0 Å². The van der Waals surface area contributed by atoms with Crippen LogP contribution in [0, 0.1) is 11.6 Å². The molecule has 21 heavy (non-hydrogen) atoms. The first-order valence-electron chi connectivity index (χ1n) is 6.18. The van der Waals surface area contributed by atoms with Crippen LogP contribution < -0.4 is 10.5 Å². The lowest BCUT2D eigenvalue weighted by atomic mass is 10.1. The highest BCUT2D eigenvalue weighted by Crippen LogP contribution is 2.19. The van der Waals surface area contributed by atoms with Crippen molar-refractivity contribution in [2.24, 2.45) is 0 Å². The van der Waals surface area contributed by atoms with E-state index in [2.05, 4.69) is 4.72 Å². The monoisotopic (exact) mass is 312 g/mol. The van der Waals surface area contributed by atoms with Gasteiger partial charge in [-0.25, -0.2) is 21.9 Å². The Morgan fingerprint density at radius 1 is 1.10 bits per heavy atom. The quantitative estimate of drug-likeness (QED) is 0.830.